The number of hydrogen-bond acceptors (Lipinski definition) is 3. The van der Waals surface area contributed by atoms with Crippen molar-refractivity contribution in [3.05, 3.63) is 69.2 Å². The molecule has 0 bridgehead atoms. The Morgan fingerprint density at radius 1 is 1.20 bits per heavy atom. The van der Waals surface area contributed by atoms with Gasteiger partial charge in [0.25, 0.3) is 0 Å². The summed E-state index contributed by atoms with van der Waals surface area (Å²) in [5.74, 6) is -0.157. The number of alkyl halides is 3. The highest BCUT2D eigenvalue weighted by Crippen LogP contribution is 2.37. The van der Waals surface area contributed by atoms with Crippen molar-refractivity contribution < 1.29 is 23.1 Å². The number of thioether (sulfide) groups is 1. The summed E-state index contributed by atoms with van der Waals surface area (Å²) in [6, 6.07) is 9.09. The summed E-state index contributed by atoms with van der Waals surface area (Å²) < 4.78 is 37.0. The molecule has 0 fully saturated rings. The van der Waals surface area contributed by atoms with E-state index in [0.717, 1.165) is 5.56 Å². The Kier molecular flexibility index (Phi) is 4.95. The van der Waals surface area contributed by atoms with Crippen molar-refractivity contribution in [2.24, 2.45) is 0 Å². The van der Waals surface area contributed by atoms with Crippen LogP contribution in [0.4, 0.5) is 13.2 Å². The van der Waals surface area contributed by atoms with Gasteiger partial charge in [0.1, 0.15) is 0 Å². The third kappa shape index (κ3) is 4.08. The Hall–Kier alpha value is -1.76. The lowest BCUT2D eigenvalue weighted by Gasteiger charge is -2.05. The zero-order chi connectivity index (χ0) is 18.2. The first-order valence-electron chi connectivity index (χ1n) is 7.30. The summed E-state index contributed by atoms with van der Waals surface area (Å²) in [6.07, 6.45) is 2.07. The molecule has 0 saturated carbocycles. The molecule has 2 nitrogen and oxygen atoms in total. The van der Waals surface area contributed by atoms with Gasteiger partial charge in [0, 0.05) is 27.5 Å². The molecule has 0 unspecified atom stereocenters. The minimum Gasteiger partial charge on any atom is -0.392 e. The number of allylic oxidation sites excluding steroid dienone is 1. The summed E-state index contributed by atoms with van der Waals surface area (Å²) in [4.78, 5) is 12.6. The van der Waals surface area contributed by atoms with Crippen LogP contribution in [0.1, 0.15) is 27.0 Å². The van der Waals surface area contributed by atoms with E-state index < -0.39 is 5.51 Å². The fraction of sp³-hybridized carbons (Fsp3) is 0.167. The molecule has 2 aromatic carbocycles. The number of fused-ring (bicyclic) bond motifs is 1. The van der Waals surface area contributed by atoms with Crippen molar-refractivity contribution in [1.29, 1.82) is 0 Å². The van der Waals surface area contributed by atoms with Gasteiger partial charge in [-0.3, -0.25) is 4.79 Å². The van der Waals surface area contributed by atoms with Crippen LogP contribution in [0.15, 0.2) is 46.9 Å². The average molecular weight is 385 g/mol. The van der Waals surface area contributed by atoms with Crippen LogP contribution in [0, 0.1) is 0 Å². The van der Waals surface area contributed by atoms with Crippen molar-refractivity contribution >= 4 is 35.2 Å². The molecule has 0 spiro atoms. The molecule has 1 aliphatic carbocycles. The topological polar surface area (TPSA) is 37.3 Å². The molecule has 2 aromatic rings. The van der Waals surface area contributed by atoms with E-state index in [2.05, 4.69) is 0 Å². The van der Waals surface area contributed by atoms with Crippen molar-refractivity contribution in [2.45, 2.75) is 23.4 Å². The normalized spacial score (nSPS) is 15.7. The van der Waals surface area contributed by atoms with E-state index in [0.29, 0.717) is 33.7 Å². The summed E-state index contributed by atoms with van der Waals surface area (Å²) in [5, 5.41) is 9.66. The lowest BCUT2D eigenvalue weighted by atomic mass is 10.1. The largest absolute Gasteiger partial charge is 0.446 e. The Bertz CT molecular complexity index is 858. The summed E-state index contributed by atoms with van der Waals surface area (Å²) >= 11 is 5.87. The summed E-state index contributed by atoms with van der Waals surface area (Å²) in [5.41, 5.74) is -1.36. The van der Waals surface area contributed by atoms with E-state index in [4.69, 9.17) is 11.6 Å². The van der Waals surface area contributed by atoms with Crippen molar-refractivity contribution in [1.82, 2.24) is 0 Å². The lowest BCUT2D eigenvalue weighted by Crippen LogP contribution is -1.99. The van der Waals surface area contributed by atoms with Gasteiger partial charge in [-0.05, 0) is 58.8 Å². The molecule has 0 amide bonds. The average Bonchev–Trinajstić information content (AvgIpc) is 2.82. The van der Waals surface area contributed by atoms with Crippen LogP contribution in [0.3, 0.4) is 0 Å². The van der Waals surface area contributed by atoms with E-state index >= 15 is 0 Å². The minimum absolute atomic E-state index is 0.0926. The van der Waals surface area contributed by atoms with Crippen LogP contribution in [0.2, 0.25) is 5.02 Å². The molecule has 3 rings (SSSR count). The Morgan fingerprint density at radius 2 is 1.88 bits per heavy atom. The predicted octanol–water partition coefficient (Wildman–Crippen LogP) is 5.27. The summed E-state index contributed by atoms with van der Waals surface area (Å²) in [7, 11) is 0. The maximum Gasteiger partial charge on any atom is 0.446 e. The Balaban J connectivity index is 1.84. The minimum atomic E-state index is -4.33. The van der Waals surface area contributed by atoms with Crippen LogP contribution >= 0.6 is 23.4 Å². The molecule has 1 aliphatic rings. The molecule has 25 heavy (non-hydrogen) atoms. The van der Waals surface area contributed by atoms with Crippen LogP contribution in [0.25, 0.3) is 6.08 Å². The standard InChI is InChI=1S/C18H12ClF3O2S/c19-16-8-11-6-12(17(24)15(11)7-13(16)9-23)5-10-1-3-14(4-2-10)25-18(20,21)22/h1-5,7-8,23H,6,9H2. The zero-order valence-corrected chi connectivity index (χ0v) is 14.3. The van der Waals surface area contributed by atoms with E-state index in [-0.39, 0.29) is 29.0 Å². The first-order valence-corrected chi connectivity index (χ1v) is 8.49. The number of carbonyl (C=O) groups excluding carboxylic acids is 1. The number of carbonyl (C=O) groups is 1. The highest BCUT2D eigenvalue weighted by molar-refractivity contribution is 8.00. The molecule has 0 radical (unpaired) electrons. The second-order valence-corrected chi connectivity index (χ2v) is 7.10. The van der Waals surface area contributed by atoms with Gasteiger partial charge in [0.15, 0.2) is 5.78 Å². The van der Waals surface area contributed by atoms with Crippen molar-refractivity contribution in [2.75, 3.05) is 0 Å². The number of benzene rings is 2. The van der Waals surface area contributed by atoms with E-state index in [1.54, 1.807) is 30.3 Å². The molecule has 0 heterocycles. The number of rotatable bonds is 3. The first-order chi connectivity index (χ1) is 11.8. The third-order valence-electron chi connectivity index (χ3n) is 3.81. The van der Waals surface area contributed by atoms with Crippen LogP contribution in [0.5, 0.6) is 0 Å². The fourth-order valence-corrected chi connectivity index (χ4v) is 3.47. The Labute approximate surface area is 151 Å². The highest BCUT2D eigenvalue weighted by Gasteiger charge is 2.29. The summed E-state index contributed by atoms with van der Waals surface area (Å²) in [6.45, 7) is -0.253. The molecule has 0 aromatic heterocycles. The number of aliphatic hydroxyl groups is 1. The molecule has 0 aliphatic heterocycles. The molecule has 0 atom stereocenters. The van der Waals surface area contributed by atoms with Crippen LogP contribution < -0.4 is 0 Å². The molecule has 7 heteroatoms. The number of halogens is 4. The lowest BCUT2D eigenvalue weighted by molar-refractivity contribution is -0.0328. The van der Waals surface area contributed by atoms with Crippen molar-refractivity contribution in [3.63, 3.8) is 0 Å². The Morgan fingerprint density at radius 3 is 2.48 bits per heavy atom. The van der Waals surface area contributed by atoms with E-state index in [1.165, 1.54) is 12.1 Å². The van der Waals surface area contributed by atoms with Crippen molar-refractivity contribution in [3.8, 4) is 0 Å². The number of ketones is 1. The van der Waals surface area contributed by atoms with Gasteiger partial charge in [-0.2, -0.15) is 13.2 Å². The second-order valence-electron chi connectivity index (χ2n) is 5.55. The first kappa shape index (κ1) is 18.0. The SMILES string of the molecule is O=C1C(=Cc2ccc(SC(F)(F)F)cc2)Cc2cc(Cl)c(CO)cc21. The molecule has 0 saturated heterocycles. The molecular weight excluding hydrogens is 373 g/mol. The third-order valence-corrected chi connectivity index (χ3v) is 4.91. The fourth-order valence-electron chi connectivity index (χ4n) is 2.68. The van der Waals surface area contributed by atoms with Gasteiger partial charge in [-0.1, -0.05) is 23.7 Å². The van der Waals surface area contributed by atoms with Gasteiger partial charge in [0.05, 0.1) is 6.61 Å². The zero-order valence-electron chi connectivity index (χ0n) is 12.7. The van der Waals surface area contributed by atoms with Crippen LogP contribution in [-0.4, -0.2) is 16.4 Å². The number of hydrogen-bond donors (Lipinski definition) is 1. The van der Waals surface area contributed by atoms with Crippen LogP contribution in [-0.2, 0) is 13.0 Å². The van der Waals surface area contributed by atoms with Gasteiger partial charge < -0.3 is 5.11 Å². The molecule has 1 N–H and O–H groups in total. The highest BCUT2D eigenvalue weighted by atomic mass is 35.5. The quantitative estimate of drug-likeness (QED) is 0.579. The van der Waals surface area contributed by atoms with E-state index in [1.807, 2.05) is 0 Å². The molecular formula is C18H12ClF3O2S. The number of Topliss-reactive ketones (excluding diaryl/α,β-unsaturated/α-hetero) is 1. The maximum atomic E-state index is 12.5. The van der Waals surface area contributed by atoms with Gasteiger partial charge in [-0.15, -0.1) is 0 Å². The molecule has 130 valence electrons. The predicted molar refractivity (Wildman–Crippen MR) is 91.7 cm³/mol. The van der Waals surface area contributed by atoms with Gasteiger partial charge in [0.2, 0.25) is 0 Å². The number of aliphatic hydroxyl groups excluding tert-OH is 1. The smallest absolute Gasteiger partial charge is 0.392 e. The van der Waals surface area contributed by atoms with Gasteiger partial charge >= 0.3 is 5.51 Å². The monoisotopic (exact) mass is 384 g/mol. The van der Waals surface area contributed by atoms with Gasteiger partial charge in [-0.25, -0.2) is 0 Å². The maximum absolute atomic E-state index is 12.5. The van der Waals surface area contributed by atoms with E-state index in [9.17, 15) is 23.1 Å². The second kappa shape index (κ2) is 6.86.